The Hall–Kier alpha value is -3.71. The van der Waals surface area contributed by atoms with Gasteiger partial charge in [-0.25, -0.2) is 0 Å². The number of nitrogens with one attached hydrogen (secondary N) is 1. The molecule has 2 heterocycles. The van der Waals surface area contributed by atoms with Gasteiger partial charge in [0.2, 0.25) is 0 Å². The van der Waals surface area contributed by atoms with Gasteiger partial charge in [-0.3, -0.25) is 9.78 Å². The van der Waals surface area contributed by atoms with Crippen molar-refractivity contribution in [1.29, 1.82) is 5.26 Å². The zero-order valence-electron chi connectivity index (χ0n) is 13.2. The lowest BCUT2D eigenvalue weighted by atomic mass is 9.97. The van der Waals surface area contributed by atoms with Gasteiger partial charge in [0, 0.05) is 34.8 Å². The van der Waals surface area contributed by atoms with Crippen molar-refractivity contribution in [2.45, 2.75) is 0 Å². The number of pyridine rings is 2. The van der Waals surface area contributed by atoms with Crippen LogP contribution in [0.1, 0.15) is 5.56 Å². The van der Waals surface area contributed by atoms with E-state index in [2.05, 4.69) is 9.97 Å². The molecule has 2 aromatic carbocycles. The van der Waals surface area contributed by atoms with Crippen LogP contribution in [0, 0.1) is 11.3 Å². The van der Waals surface area contributed by atoms with Crippen LogP contribution in [-0.4, -0.2) is 9.97 Å². The molecule has 0 atom stereocenters. The third-order valence-electron chi connectivity index (χ3n) is 4.20. The van der Waals surface area contributed by atoms with Crippen LogP contribution in [0.25, 0.3) is 33.2 Å². The minimum Gasteiger partial charge on any atom is -0.321 e. The van der Waals surface area contributed by atoms with Gasteiger partial charge in [-0.2, -0.15) is 5.26 Å². The molecular weight excluding hydrogens is 310 g/mol. The van der Waals surface area contributed by atoms with Crippen molar-refractivity contribution in [1.82, 2.24) is 9.97 Å². The van der Waals surface area contributed by atoms with Crippen LogP contribution < -0.4 is 5.56 Å². The van der Waals surface area contributed by atoms with Crippen molar-refractivity contribution in [2.75, 3.05) is 0 Å². The SMILES string of the molecule is N#Cc1c(-c2cccnc2)cc(-c2cccc3ccccc23)[nH]c1=O. The van der Waals surface area contributed by atoms with E-state index in [1.807, 2.05) is 60.7 Å². The molecule has 0 amide bonds. The monoisotopic (exact) mass is 323 g/mol. The van der Waals surface area contributed by atoms with Gasteiger partial charge in [-0.1, -0.05) is 48.5 Å². The molecule has 25 heavy (non-hydrogen) atoms. The fraction of sp³-hybridized carbons (Fsp3) is 0. The van der Waals surface area contributed by atoms with Gasteiger partial charge >= 0.3 is 0 Å². The first kappa shape index (κ1) is 14.9. The van der Waals surface area contributed by atoms with E-state index in [1.165, 1.54) is 0 Å². The van der Waals surface area contributed by atoms with E-state index in [9.17, 15) is 10.1 Å². The van der Waals surface area contributed by atoms with E-state index in [0.29, 0.717) is 11.3 Å². The zero-order valence-corrected chi connectivity index (χ0v) is 13.2. The number of hydrogen-bond donors (Lipinski definition) is 1. The van der Waals surface area contributed by atoms with Crippen molar-refractivity contribution in [3.63, 3.8) is 0 Å². The number of nitriles is 1. The van der Waals surface area contributed by atoms with Crippen molar-refractivity contribution < 1.29 is 0 Å². The van der Waals surface area contributed by atoms with Crippen molar-refractivity contribution in [3.8, 4) is 28.5 Å². The van der Waals surface area contributed by atoms with Gasteiger partial charge < -0.3 is 4.98 Å². The lowest BCUT2D eigenvalue weighted by molar-refractivity contribution is 1.22. The quantitative estimate of drug-likeness (QED) is 0.603. The van der Waals surface area contributed by atoms with Crippen LogP contribution in [-0.2, 0) is 0 Å². The molecule has 0 unspecified atom stereocenters. The highest BCUT2D eigenvalue weighted by Gasteiger charge is 2.13. The Morgan fingerprint density at radius 3 is 2.60 bits per heavy atom. The van der Waals surface area contributed by atoms with Crippen LogP contribution in [0.5, 0.6) is 0 Å². The molecule has 0 spiro atoms. The second kappa shape index (κ2) is 6.06. The maximum Gasteiger partial charge on any atom is 0.266 e. The highest BCUT2D eigenvalue weighted by Crippen LogP contribution is 2.30. The molecule has 0 aliphatic carbocycles. The third kappa shape index (κ3) is 2.58. The molecule has 1 N–H and O–H groups in total. The summed E-state index contributed by atoms with van der Waals surface area (Å²) >= 11 is 0. The predicted molar refractivity (Wildman–Crippen MR) is 98.0 cm³/mol. The van der Waals surface area contributed by atoms with E-state index in [0.717, 1.165) is 21.9 Å². The van der Waals surface area contributed by atoms with Crippen molar-refractivity contribution in [2.24, 2.45) is 0 Å². The molecule has 0 saturated carbocycles. The minimum absolute atomic E-state index is 0.0944. The Morgan fingerprint density at radius 1 is 0.960 bits per heavy atom. The molecule has 4 nitrogen and oxygen atoms in total. The minimum atomic E-state index is -0.396. The van der Waals surface area contributed by atoms with Crippen molar-refractivity contribution >= 4 is 10.8 Å². The number of nitrogens with zero attached hydrogens (tertiary/aromatic N) is 2. The summed E-state index contributed by atoms with van der Waals surface area (Å²) in [5.41, 5.74) is 2.63. The smallest absolute Gasteiger partial charge is 0.266 e. The summed E-state index contributed by atoms with van der Waals surface area (Å²) in [6.45, 7) is 0. The Bertz CT molecular complexity index is 1170. The number of aromatic nitrogens is 2. The topological polar surface area (TPSA) is 69.5 Å². The number of H-pyrrole nitrogens is 1. The molecule has 4 aromatic rings. The molecule has 118 valence electrons. The summed E-state index contributed by atoms with van der Waals surface area (Å²) in [6, 6.07) is 21.4. The fourth-order valence-corrected chi connectivity index (χ4v) is 3.03. The van der Waals surface area contributed by atoms with Gasteiger partial charge in [-0.15, -0.1) is 0 Å². The molecule has 4 rings (SSSR count). The first-order chi connectivity index (χ1) is 12.3. The van der Waals surface area contributed by atoms with Crippen LogP contribution in [0.2, 0.25) is 0 Å². The Labute approximate surface area is 144 Å². The van der Waals surface area contributed by atoms with Gasteiger partial charge in [-0.05, 0) is 22.9 Å². The van der Waals surface area contributed by atoms with Gasteiger partial charge in [0.05, 0.1) is 0 Å². The predicted octanol–water partition coefficient (Wildman–Crippen LogP) is 4.13. The average Bonchev–Trinajstić information content (AvgIpc) is 2.67. The van der Waals surface area contributed by atoms with E-state index < -0.39 is 5.56 Å². The molecule has 4 heteroatoms. The summed E-state index contributed by atoms with van der Waals surface area (Å²) in [4.78, 5) is 19.4. The molecule has 2 aromatic heterocycles. The summed E-state index contributed by atoms with van der Waals surface area (Å²) < 4.78 is 0. The first-order valence-corrected chi connectivity index (χ1v) is 7.84. The fourth-order valence-electron chi connectivity index (χ4n) is 3.03. The Balaban J connectivity index is 2.03. The largest absolute Gasteiger partial charge is 0.321 e. The summed E-state index contributed by atoms with van der Waals surface area (Å²) in [6.07, 6.45) is 3.32. The van der Waals surface area contributed by atoms with Gasteiger partial charge in [0.1, 0.15) is 11.6 Å². The maximum atomic E-state index is 12.5. The van der Waals surface area contributed by atoms with Gasteiger partial charge in [0.15, 0.2) is 0 Å². The number of rotatable bonds is 2. The second-order valence-electron chi connectivity index (χ2n) is 5.68. The van der Waals surface area contributed by atoms with E-state index in [-0.39, 0.29) is 5.56 Å². The summed E-state index contributed by atoms with van der Waals surface area (Å²) in [7, 11) is 0. The normalized spacial score (nSPS) is 10.5. The van der Waals surface area contributed by atoms with Crippen LogP contribution in [0.3, 0.4) is 0 Å². The molecule has 0 aliphatic rings. The number of aromatic amines is 1. The molecule has 0 saturated heterocycles. The van der Waals surface area contributed by atoms with E-state index in [4.69, 9.17) is 0 Å². The number of hydrogen-bond acceptors (Lipinski definition) is 3. The van der Waals surface area contributed by atoms with Gasteiger partial charge in [0.25, 0.3) is 5.56 Å². The highest BCUT2D eigenvalue weighted by molar-refractivity contribution is 5.96. The second-order valence-corrected chi connectivity index (χ2v) is 5.68. The molecule has 0 radical (unpaired) electrons. The highest BCUT2D eigenvalue weighted by atomic mass is 16.1. The molecule has 0 bridgehead atoms. The lowest BCUT2D eigenvalue weighted by Crippen LogP contribution is -2.12. The van der Waals surface area contributed by atoms with Crippen molar-refractivity contribution in [3.05, 3.63) is 89.0 Å². The standard InChI is InChI=1S/C21H13N3O/c22-12-19-18(15-7-4-10-23-13-15)11-20(24-21(19)25)17-9-3-6-14-5-1-2-8-16(14)17/h1-11,13H,(H,24,25). The van der Waals surface area contributed by atoms with Crippen LogP contribution in [0.15, 0.2) is 77.9 Å². The zero-order chi connectivity index (χ0) is 17.2. The van der Waals surface area contributed by atoms with Crippen LogP contribution >= 0.6 is 0 Å². The molecule has 0 aliphatic heterocycles. The van der Waals surface area contributed by atoms with E-state index >= 15 is 0 Å². The Kier molecular flexibility index (Phi) is 3.60. The summed E-state index contributed by atoms with van der Waals surface area (Å²) in [5, 5.41) is 11.5. The molecular formula is C21H13N3O. The average molecular weight is 323 g/mol. The Morgan fingerprint density at radius 2 is 1.80 bits per heavy atom. The lowest BCUT2D eigenvalue weighted by Gasteiger charge is -2.10. The number of benzene rings is 2. The third-order valence-corrected chi connectivity index (χ3v) is 4.20. The van der Waals surface area contributed by atoms with Crippen LogP contribution in [0.4, 0.5) is 0 Å². The maximum absolute atomic E-state index is 12.5. The number of fused-ring (bicyclic) bond motifs is 1. The van der Waals surface area contributed by atoms with E-state index in [1.54, 1.807) is 18.5 Å². The first-order valence-electron chi connectivity index (χ1n) is 7.84. The molecule has 0 fully saturated rings. The summed E-state index contributed by atoms with van der Waals surface area (Å²) in [5.74, 6) is 0.